The molecule has 0 saturated heterocycles. The van der Waals surface area contributed by atoms with Crippen LogP contribution in [0.4, 0.5) is 4.39 Å². The molecule has 1 aromatic carbocycles. The summed E-state index contributed by atoms with van der Waals surface area (Å²) in [5, 5.41) is 0. The summed E-state index contributed by atoms with van der Waals surface area (Å²) >= 11 is 0. The Labute approximate surface area is 90.5 Å². The molecule has 1 nitrogen and oxygen atoms in total. The highest BCUT2D eigenvalue weighted by Gasteiger charge is 2.44. The minimum Gasteiger partial charge on any atom is -0.330 e. The van der Waals surface area contributed by atoms with Crippen LogP contribution >= 0.6 is 0 Å². The Hall–Kier alpha value is -0.890. The summed E-state index contributed by atoms with van der Waals surface area (Å²) in [4.78, 5) is 0. The molecule has 0 heterocycles. The normalized spacial score (nSPS) is 18.2. The van der Waals surface area contributed by atoms with Crippen molar-refractivity contribution < 1.29 is 4.39 Å². The van der Waals surface area contributed by atoms with Crippen LogP contribution in [0, 0.1) is 5.82 Å². The maximum Gasteiger partial charge on any atom is 0.127 e. The smallest absolute Gasteiger partial charge is 0.127 e. The van der Waals surface area contributed by atoms with Crippen LogP contribution in [0.2, 0.25) is 0 Å². The molecule has 0 unspecified atom stereocenters. The van der Waals surface area contributed by atoms with Gasteiger partial charge in [-0.2, -0.15) is 0 Å². The molecule has 2 rings (SSSR count). The Morgan fingerprint density at radius 2 is 2.07 bits per heavy atom. The molecule has 2 heteroatoms. The van der Waals surface area contributed by atoms with Crippen molar-refractivity contribution in [3.8, 4) is 0 Å². The van der Waals surface area contributed by atoms with Gasteiger partial charge in [0.05, 0.1) is 0 Å². The van der Waals surface area contributed by atoms with Crippen molar-refractivity contribution in [3.05, 3.63) is 35.1 Å². The molecule has 0 amide bonds. The lowest BCUT2D eigenvalue weighted by atomic mass is 9.91. The fraction of sp³-hybridized carbons (Fsp3) is 0.538. The Morgan fingerprint density at radius 1 is 1.40 bits per heavy atom. The standard InChI is InChI=1S/C13H18FN/c1-9(2)10-3-4-12(14)11(7-10)13(8-15)5-6-13/h3-4,7,9H,5-6,8,15H2,1-2H3. The van der Waals surface area contributed by atoms with Crippen LogP contribution < -0.4 is 5.73 Å². The number of halogens is 1. The van der Waals surface area contributed by atoms with Gasteiger partial charge in [-0.05, 0) is 36.0 Å². The third-order valence-corrected chi connectivity index (χ3v) is 3.47. The number of nitrogens with two attached hydrogens (primary N) is 1. The first-order valence-electron chi connectivity index (χ1n) is 5.59. The van der Waals surface area contributed by atoms with Crippen LogP contribution in [-0.4, -0.2) is 6.54 Å². The van der Waals surface area contributed by atoms with Crippen LogP contribution in [0.25, 0.3) is 0 Å². The molecule has 1 saturated carbocycles. The van der Waals surface area contributed by atoms with Crippen molar-refractivity contribution in [2.24, 2.45) is 5.73 Å². The van der Waals surface area contributed by atoms with E-state index < -0.39 is 0 Å². The minimum atomic E-state index is -0.0950. The van der Waals surface area contributed by atoms with Gasteiger partial charge in [0.1, 0.15) is 5.82 Å². The number of rotatable bonds is 3. The van der Waals surface area contributed by atoms with Gasteiger partial charge in [-0.25, -0.2) is 4.39 Å². The van der Waals surface area contributed by atoms with E-state index in [9.17, 15) is 4.39 Å². The molecule has 82 valence electrons. The number of benzene rings is 1. The molecule has 1 aliphatic rings. The Balaban J connectivity index is 2.42. The topological polar surface area (TPSA) is 26.0 Å². The summed E-state index contributed by atoms with van der Waals surface area (Å²) in [6.45, 7) is 4.81. The Kier molecular flexibility index (Phi) is 2.55. The largest absolute Gasteiger partial charge is 0.330 e. The maximum atomic E-state index is 13.7. The Morgan fingerprint density at radius 3 is 2.53 bits per heavy atom. The maximum absolute atomic E-state index is 13.7. The van der Waals surface area contributed by atoms with E-state index in [0.29, 0.717) is 12.5 Å². The van der Waals surface area contributed by atoms with Crippen LogP contribution in [0.5, 0.6) is 0 Å². The van der Waals surface area contributed by atoms with Gasteiger partial charge in [0, 0.05) is 12.0 Å². The summed E-state index contributed by atoms with van der Waals surface area (Å²) in [5.41, 5.74) is 7.71. The highest BCUT2D eigenvalue weighted by Crippen LogP contribution is 2.48. The lowest BCUT2D eigenvalue weighted by Crippen LogP contribution is -2.21. The molecule has 1 aromatic rings. The van der Waals surface area contributed by atoms with Crippen LogP contribution in [0.15, 0.2) is 18.2 Å². The van der Waals surface area contributed by atoms with Gasteiger partial charge in [0.2, 0.25) is 0 Å². The zero-order valence-electron chi connectivity index (χ0n) is 9.39. The van der Waals surface area contributed by atoms with Gasteiger partial charge < -0.3 is 5.73 Å². The van der Waals surface area contributed by atoms with E-state index in [4.69, 9.17) is 5.73 Å². The number of hydrogen-bond donors (Lipinski definition) is 1. The first-order chi connectivity index (χ1) is 7.09. The monoisotopic (exact) mass is 207 g/mol. The third kappa shape index (κ3) is 1.78. The summed E-state index contributed by atoms with van der Waals surface area (Å²) in [6, 6.07) is 5.45. The van der Waals surface area contributed by atoms with E-state index >= 15 is 0 Å². The van der Waals surface area contributed by atoms with Gasteiger partial charge in [-0.3, -0.25) is 0 Å². The van der Waals surface area contributed by atoms with Crippen LogP contribution in [0.3, 0.4) is 0 Å². The first kappa shape index (κ1) is 10.6. The van der Waals surface area contributed by atoms with Crippen molar-refractivity contribution in [2.45, 2.75) is 38.0 Å². The molecule has 2 N–H and O–H groups in total. The average molecular weight is 207 g/mol. The highest BCUT2D eigenvalue weighted by atomic mass is 19.1. The van der Waals surface area contributed by atoms with Gasteiger partial charge in [0.15, 0.2) is 0 Å². The van der Waals surface area contributed by atoms with Gasteiger partial charge in [-0.15, -0.1) is 0 Å². The lowest BCUT2D eigenvalue weighted by Gasteiger charge is -2.16. The van der Waals surface area contributed by atoms with Crippen molar-refractivity contribution in [3.63, 3.8) is 0 Å². The minimum absolute atomic E-state index is 0.0466. The zero-order chi connectivity index (χ0) is 11.1. The second-order valence-corrected chi connectivity index (χ2v) is 4.88. The quantitative estimate of drug-likeness (QED) is 0.810. The molecule has 1 aliphatic carbocycles. The Bertz CT molecular complexity index is 367. The van der Waals surface area contributed by atoms with Crippen molar-refractivity contribution >= 4 is 0 Å². The van der Waals surface area contributed by atoms with Gasteiger partial charge in [-0.1, -0.05) is 26.0 Å². The fourth-order valence-corrected chi connectivity index (χ4v) is 2.04. The van der Waals surface area contributed by atoms with E-state index in [-0.39, 0.29) is 11.2 Å². The van der Waals surface area contributed by atoms with E-state index in [1.165, 1.54) is 5.56 Å². The summed E-state index contributed by atoms with van der Waals surface area (Å²) < 4.78 is 13.7. The van der Waals surface area contributed by atoms with Crippen molar-refractivity contribution in [1.82, 2.24) is 0 Å². The molecule has 0 aliphatic heterocycles. The molecule has 0 bridgehead atoms. The molecule has 0 atom stereocenters. The second kappa shape index (κ2) is 3.60. The van der Waals surface area contributed by atoms with E-state index in [1.807, 2.05) is 12.1 Å². The van der Waals surface area contributed by atoms with E-state index in [2.05, 4.69) is 13.8 Å². The fourth-order valence-electron chi connectivity index (χ4n) is 2.04. The average Bonchev–Trinajstić information content (AvgIpc) is 2.99. The van der Waals surface area contributed by atoms with E-state index in [0.717, 1.165) is 18.4 Å². The molecule has 15 heavy (non-hydrogen) atoms. The highest BCUT2D eigenvalue weighted by molar-refractivity contribution is 5.37. The number of hydrogen-bond acceptors (Lipinski definition) is 1. The van der Waals surface area contributed by atoms with Crippen molar-refractivity contribution in [2.75, 3.05) is 6.54 Å². The molecule has 0 radical (unpaired) electrons. The molecular formula is C13H18FN. The molecule has 0 aromatic heterocycles. The van der Waals surface area contributed by atoms with Gasteiger partial charge in [0.25, 0.3) is 0 Å². The van der Waals surface area contributed by atoms with Crippen molar-refractivity contribution in [1.29, 1.82) is 0 Å². The third-order valence-electron chi connectivity index (χ3n) is 3.47. The summed E-state index contributed by atoms with van der Waals surface area (Å²) in [5.74, 6) is 0.347. The van der Waals surface area contributed by atoms with Crippen LogP contribution in [-0.2, 0) is 5.41 Å². The van der Waals surface area contributed by atoms with E-state index in [1.54, 1.807) is 6.07 Å². The summed E-state index contributed by atoms with van der Waals surface area (Å²) in [7, 11) is 0. The predicted octanol–water partition coefficient (Wildman–Crippen LogP) is 2.94. The summed E-state index contributed by atoms with van der Waals surface area (Å²) in [6.07, 6.45) is 2.06. The SMILES string of the molecule is CC(C)c1ccc(F)c(C2(CN)CC2)c1. The lowest BCUT2D eigenvalue weighted by molar-refractivity contribution is 0.571. The molecule has 1 fully saturated rings. The molecular weight excluding hydrogens is 189 g/mol. The van der Waals surface area contributed by atoms with Crippen LogP contribution in [0.1, 0.15) is 43.7 Å². The zero-order valence-corrected chi connectivity index (χ0v) is 9.39. The van der Waals surface area contributed by atoms with Gasteiger partial charge >= 0.3 is 0 Å². The molecule has 0 spiro atoms. The first-order valence-corrected chi connectivity index (χ1v) is 5.59. The second-order valence-electron chi connectivity index (χ2n) is 4.88. The predicted molar refractivity (Wildman–Crippen MR) is 60.5 cm³/mol.